The first kappa shape index (κ1) is 22.7. The fourth-order valence-corrected chi connectivity index (χ4v) is 3.66. The van der Waals surface area contributed by atoms with E-state index in [4.69, 9.17) is 9.47 Å². The van der Waals surface area contributed by atoms with Crippen molar-refractivity contribution < 1.29 is 32.2 Å². The van der Waals surface area contributed by atoms with Gasteiger partial charge in [0.2, 0.25) is 11.8 Å². The zero-order valence-electron chi connectivity index (χ0n) is 17.7. The third-order valence-electron chi connectivity index (χ3n) is 5.38. The molecule has 2 N–H and O–H groups in total. The lowest BCUT2D eigenvalue weighted by molar-refractivity contribution is -0.137. The Hall–Kier alpha value is -3.50. The SMILES string of the molecule is O=C(NCCCNc1ccc(C(F)(F)F)cn1)C1CC(=O)N(c2ccc3c(c2)OCCO3)C1. The molecule has 1 unspecified atom stereocenters. The highest BCUT2D eigenvalue weighted by Crippen LogP contribution is 2.36. The Labute approximate surface area is 188 Å². The van der Waals surface area contributed by atoms with Gasteiger partial charge in [0.15, 0.2) is 11.5 Å². The van der Waals surface area contributed by atoms with Crippen molar-refractivity contribution in [1.29, 1.82) is 0 Å². The van der Waals surface area contributed by atoms with Crippen molar-refractivity contribution in [3.63, 3.8) is 0 Å². The number of nitrogens with one attached hydrogen (secondary N) is 2. The van der Waals surface area contributed by atoms with Crippen LogP contribution in [-0.4, -0.2) is 49.6 Å². The number of anilines is 2. The van der Waals surface area contributed by atoms with Crippen molar-refractivity contribution in [2.75, 3.05) is 43.1 Å². The van der Waals surface area contributed by atoms with E-state index in [1.54, 1.807) is 23.1 Å². The molecular weight excluding hydrogens is 441 g/mol. The normalized spacial score (nSPS) is 17.7. The number of hydrogen-bond donors (Lipinski definition) is 2. The van der Waals surface area contributed by atoms with Crippen molar-refractivity contribution in [3.8, 4) is 11.5 Å². The first-order chi connectivity index (χ1) is 15.8. The third-order valence-corrected chi connectivity index (χ3v) is 5.38. The molecule has 0 aliphatic carbocycles. The van der Waals surface area contributed by atoms with E-state index in [1.807, 2.05) is 0 Å². The number of halogens is 3. The Morgan fingerprint density at radius 2 is 1.91 bits per heavy atom. The summed E-state index contributed by atoms with van der Waals surface area (Å²) in [6.07, 6.45) is -2.99. The molecule has 2 aromatic rings. The summed E-state index contributed by atoms with van der Waals surface area (Å²) in [6, 6.07) is 7.49. The van der Waals surface area contributed by atoms with Crippen LogP contribution in [0.15, 0.2) is 36.5 Å². The number of alkyl halides is 3. The minimum atomic E-state index is -4.42. The molecule has 2 amide bonds. The molecule has 0 bridgehead atoms. The fourth-order valence-electron chi connectivity index (χ4n) is 3.66. The molecule has 3 heterocycles. The van der Waals surface area contributed by atoms with Crippen molar-refractivity contribution >= 4 is 23.3 Å². The van der Waals surface area contributed by atoms with E-state index >= 15 is 0 Å². The Bertz CT molecular complexity index is 1010. The summed E-state index contributed by atoms with van der Waals surface area (Å²) in [6.45, 7) is 1.98. The maximum absolute atomic E-state index is 12.6. The van der Waals surface area contributed by atoms with Crippen LogP contribution in [-0.2, 0) is 15.8 Å². The monoisotopic (exact) mass is 464 g/mol. The van der Waals surface area contributed by atoms with Gasteiger partial charge in [0.25, 0.3) is 0 Å². The van der Waals surface area contributed by atoms with Gasteiger partial charge in [0.05, 0.1) is 11.5 Å². The summed E-state index contributed by atoms with van der Waals surface area (Å²) in [7, 11) is 0. The van der Waals surface area contributed by atoms with Crippen LogP contribution >= 0.6 is 0 Å². The topological polar surface area (TPSA) is 92.8 Å². The predicted octanol–water partition coefficient (Wildman–Crippen LogP) is 2.84. The number of benzene rings is 1. The highest BCUT2D eigenvalue weighted by atomic mass is 19.4. The molecule has 8 nitrogen and oxygen atoms in total. The van der Waals surface area contributed by atoms with Gasteiger partial charge in [-0.2, -0.15) is 13.2 Å². The van der Waals surface area contributed by atoms with E-state index in [0.717, 1.165) is 12.3 Å². The molecule has 1 saturated heterocycles. The van der Waals surface area contributed by atoms with Crippen LogP contribution in [0.3, 0.4) is 0 Å². The number of nitrogens with zero attached hydrogens (tertiary/aromatic N) is 2. The number of amides is 2. The van der Waals surface area contributed by atoms with Gasteiger partial charge < -0.3 is 25.0 Å². The minimum absolute atomic E-state index is 0.119. The lowest BCUT2D eigenvalue weighted by atomic mass is 10.1. The summed E-state index contributed by atoms with van der Waals surface area (Å²) in [4.78, 5) is 30.3. The number of aromatic nitrogens is 1. The smallest absolute Gasteiger partial charge is 0.417 e. The van der Waals surface area contributed by atoms with Gasteiger partial charge >= 0.3 is 6.18 Å². The van der Waals surface area contributed by atoms with Gasteiger partial charge in [0.1, 0.15) is 19.0 Å². The molecule has 4 rings (SSSR count). The molecule has 1 atom stereocenters. The average molecular weight is 464 g/mol. The number of carbonyl (C=O) groups is 2. The third kappa shape index (κ3) is 5.47. The maximum atomic E-state index is 12.6. The second kappa shape index (κ2) is 9.55. The largest absolute Gasteiger partial charge is 0.486 e. The summed E-state index contributed by atoms with van der Waals surface area (Å²) < 4.78 is 48.7. The quantitative estimate of drug-likeness (QED) is 0.613. The number of carbonyl (C=O) groups excluding carboxylic acids is 2. The molecule has 1 fully saturated rings. The number of fused-ring (bicyclic) bond motifs is 1. The molecule has 176 valence electrons. The number of hydrogen-bond acceptors (Lipinski definition) is 6. The Morgan fingerprint density at radius 1 is 1.12 bits per heavy atom. The fraction of sp³-hybridized carbons (Fsp3) is 0.409. The molecule has 0 radical (unpaired) electrons. The number of pyridine rings is 1. The Kier molecular flexibility index (Phi) is 6.57. The second-order valence-corrected chi connectivity index (χ2v) is 7.73. The summed E-state index contributed by atoms with van der Waals surface area (Å²) in [5.41, 5.74) is -0.149. The first-order valence-corrected chi connectivity index (χ1v) is 10.6. The number of ether oxygens (including phenoxy) is 2. The van der Waals surface area contributed by atoms with Crippen LogP contribution in [0.1, 0.15) is 18.4 Å². The van der Waals surface area contributed by atoms with Gasteiger partial charge in [-0.1, -0.05) is 0 Å². The van der Waals surface area contributed by atoms with E-state index in [9.17, 15) is 22.8 Å². The highest BCUT2D eigenvalue weighted by molar-refractivity contribution is 6.00. The van der Waals surface area contributed by atoms with Crippen molar-refractivity contribution in [2.24, 2.45) is 5.92 Å². The van der Waals surface area contributed by atoms with Crippen LogP contribution in [0.4, 0.5) is 24.7 Å². The minimum Gasteiger partial charge on any atom is -0.486 e. The zero-order valence-corrected chi connectivity index (χ0v) is 17.7. The highest BCUT2D eigenvalue weighted by Gasteiger charge is 2.35. The molecule has 33 heavy (non-hydrogen) atoms. The Morgan fingerprint density at radius 3 is 2.64 bits per heavy atom. The molecule has 1 aromatic carbocycles. The van der Waals surface area contributed by atoms with Crippen LogP contribution in [0.5, 0.6) is 11.5 Å². The molecule has 0 saturated carbocycles. The lowest BCUT2D eigenvalue weighted by Gasteiger charge is -2.22. The van der Waals surface area contributed by atoms with E-state index in [1.165, 1.54) is 6.07 Å². The van der Waals surface area contributed by atoms with Crippen molar-refractivity contribution in [3.05, 3.63) is 42.1 Å². The molecule has 0 spiro atoms. The first-order valence-electron chi connectivity index (χ1n) is 10.6. The molecule has 2 aliphatic rings. The average Bonchev–Trinajstić information content (AvgIpc) is 3.20. The molecule has 1 aromatic heterocycles. The maximum Gasteiger partial charge on any atom is 0.417 e. The van der Waals surface area contributed by atoms with Gasteiger partial charge in [0, 0.05) is 44.0 Å². The summed E-state index contributed by atoms with van der Waals surface area (Å²) >= 11 is 0. The van der Waals surface area contributed by atoms with Crippen LogP contribution in [0.25, 0.3) is 0 Å². The lowest BCUT2D eigenvalue weighted by Crippen LogP contribution is -2.34. The van der Waals surface area contributed by atoms with E-state index in [-0.39, 0.29) is 24.8 Å². The van der Waals surface area contributed by atoms with E-state index in [0.29, 0.717) is 55.7 Å². The van der Waals surface area contributed by atoms with Crippen molar-refractivity contribution in [1.82, 2.24) is 10.3 Å². The predicted molar refractivity (Wildman–Crippen MR) is 113 cm³/mol. The molecule has 11 heteroatoms. The summed E-state index contributed by atoms with van der Waals surface area (Å²) in [5.74, 6) is 0.722. The standard InChI is InChI=1S/C22H23F3N4O4/c23-22(24,25)15-2-5-19(28-12-15)26-6-1-7-27-21(31)14-10-20(30)29(13-14)16-3-4-17-18(11-16)33-9-8-32-17/h2-5,11-12,14H,1,6-10,13H2,(H,26,28)(H,27,31). The second-order valence-electron chi connectivity index (χ2n) is 7.73. The van der Waals surface area contributed by atoms with E-state index in [2.05, 4.69) is 15.6 Å². The van der Waals surface area contributed by atoms with Gasteiger partial charge in [-0.05, 0) is 30.7 Å². The van der Waals surface area contributed by atoms with Gasteiger partial charge in [-0.3, -0.25) is 9.59 Å². The van der Waals surface area contributed by atoms with Crippen LogP contribution in [0.2, 0.25) is 0 Å². The van der Waals surface area contributed by atoms with Crippen LogP contribution in [0, 0.1) is 5.92 Å². The van der Waals surface area contributed by atoms with Gasteiger partial charge in [-0.25, -0.2) is 4.98 Å². The van der Waals surface area contributed by atoms with Crippen LogP contribution < -0.4 is 25.0 Å². The zero-order chi connectivity index (χ0) is 23.4. The summed E-state index contributed by atoms with van der Waals surface area (Å²) in [5, 5.41) is 5.72. The number of rotatable bonds is 7. The van der Waals surface area contributed by atoms with Crippen molar-refractivity contribution in [2.45, 2.75) is 19.0 Å². The molecule has 2 aliphatic heterocycles. The Balaban J connectivity index is 1.21. The van der Waals surface area contributed by atoms with E-state index < -0.39 is 17.7 Å². The molecular formula is C22H23F3N4O4. The van der Waals surface area contributed by atoms with Gasteiger partial charge in [-0.15, -0.1) is 0 Å².